The van der Waals surface area contributed by atoms with Crippen molar-refractivity contribution >= 4 is 17.3 Å². The number of anilines is 2. The lowest BCUT2D eigenvalue weighted by Crippen LogP contribution is -2.29. The van der Waals surface area contributed by atoms with E-state index in [1.807, 2.05) is 24.3 Å². The van der Waals surface area contributed by atoms with Gasteiger partial charge in [0.2, 0.25) is 0 Å². The maximum atomic E-state index is 12.6. The van der Waals surface area contributed by atoms with Crippen molar-refractivity contribution in [1.29, 1.82) is 0 Å². The standard InChI is InChI=1S/C24H31N3O/c28-24(21-9-7-20(8-10-21)19-26-15-3-1-4-16-26)25-22-11-13-23(14-12-22)27-17-5-2-6-18-27/h7-14H,1-6,15-19H2,(H,25,28). The number of rotatable bonds is 5. The van der Waals surface area contributed by atoms with Crippen LogP contribution < -0.4 is 10.2 Å². The summed E-state index contributed by atoms with van der Waals surface area (Å²) in [6.07, 6.45) is 7.84. The van der Waals surface area contributed by atoms with Gasteiger partial charge in [-0.3, -0.25) is 9.69 Å². The van der Waals surface area contributed by atoms with Crippen LogP contribution in [0.2, 0.25) is 0 Å². The highest BCUT2D eigenvalue weighted by atomic mass is 16.1. The van der Waals surface area contributed by atoms with Crippen molar-refractivity contribution in [2.24, 2.45) is 0 Å². The molecule has 2 heterocycles. The fourth-order valence-corrected chi connectivity index (χ4v) is 4.25. The van der Waals surface area contributed by atoms with Crippen molar-refractivity contribution in [2.75, 3.05) is 36.4 Å². The van der Waals surface area contributed by atoms with Crippen LogP contribution in [0, 0.1) is 0 Å². The van der Waals surface area contributed by atoms with Crippen LogP contribution in [0.1, 0.15) is 54.4 Å². The molecule has 28 heavy (non-hydrogen) atoms. The van der Waals surface area contributed by atoms with E-state index >= 15 is 0 Å². The van der Waals surface area contributed by atoms with Crippen LogP contribution in [0.5, 0.6) is 0 Å². The summed E-state index contributed by atoms with van der Waals surface area (Å²) in [6, 6.07) is 16.3. The van der Waals surface area contributed by atoms with Crippen molar-refractivity contribution in [1.82, 2.24) is 4.90 Å². The second-order valence-electron chi connectivity index (χ2n) is 8.08. The first-order chi connectivity index (χ1) is 13.8. The number of likely N-dealkylation sites (tertiary alicyclic amines) is 1. The van der Waals surface area contributed by atoms with E-state index in [2.05, 4.69) is 39.4 Å². The molecule has 0 bridgehead atoms. The normalized spacial score (nSPS) is 18.1. The molecule has 2 fully saturated rings. The summed E-state index contributed by atoms with van der Waals surface area (Å²) in [5, 5.41) is 3.02. The Morgan fingerprint density at radius 1 is 0.750 bits per heavy atom. The van der Waals surface area contributed by atoms with Gasteiger partial charge in [0.05, 0.1) is 0 Å². The van der Waals surface area contributed by atoms with Gasteiger partial charge in [-0.25, -0.2) is 0 Å². The number of piperidine rings is 2. The molecule has 0 atom stereocenters. The molecule has 2 saturated heterocycles. The zero-order chi connectivity index (χ0) is 19.2. The third kappa shape index (κ3) is 4.93. The second-order valence-corrected chi connectivity index (χ2v) is 8.08. The highest BCUT2D eigenvalue weighted by Gasteiger charge is 2.13. The van der Waals surface area contributed by atoms with Gasteiger partial charge < -0.3 is 10.2 Å². The third-order valence-corrected chi connectivity index (χ3v) is 5.92. The molecule has 0 unspecified atom stereocenters. The maximum Gasteiger partial charge on any atom is 0.255 e. The molecule has 4 rings (SSSR count). The summed E-state index contributed by atoms with van der Waals surface area (Å²) >= 11 is 0. The van der Waals surface area contributed by atoms with Gasteiger partial charge in [0.25, 0.3) is 5.91 Å². The molecule has 4 heteroatoms. The molecule has 148 valence electrons. The molecule has 2 aliphatic heterocycles. The molecule has 4 nitrogen and oxygen atoms in total. The molecule has 2 aromatic rings. The first-order valence-corrected chi connectivity index (χ1v) is 10.8. The molecule has 0 saturated carbocycles. The largest absolute Gasteiger partial charge is 0.372 e. The molecular formula is C24H31N3O. The predicted molar refractivity (Wildman–Crippen MR) is 116 cm³/mol. The third-order valence-electron chi connectivity index (χ3n) is 5.92. The highest BCUT2D eigenvalue weighted by molar-refractivity contribution is 6.04. The van der Waals surface area contributed by atoms with E-state index in [1.165, 1.54) is 62.9 Å². The first-order valence-electron chi connectivity index (χ1n) is 10.8. The van der Waals surface area contributed by atoms with Gasteiger partial charge in [0.15, 0.2) is 0 Å². The lowest BCUT2D eigenvalue weighted by Gasteiger charge is -2.28. The Morgan fingerprint density at radius 3 is 2.00 bits per heavy atom. The van der Waals surface area contributed by atoms with Crippen LogP contribution in [0.4, 0.5) is 11.4 Å². The van der Waals surface area contributed by atoms with Gasteiger partial charge in [-0.2, -0.15) is 0 Å². The monoisotopic (exact) mass is 377 g/mol. The lowest BCUT2D eigenvalue weighted by atomic mass is 10.1. The zero-order valence-electron chi connectivity index (χ0n) is 16.7. The zero-order valence-corrected chi connectivity index (χ0v) is 16.7. The van der Waals surface area contributed by atoms with Gasteiger partial charge in [0, 0.05) is 36.6 Å². The SMILES string of the molecule is O=C(Nc1ccc(N2CCCCC2)cc1)c1ccc(CN2CCCCC2)cc1. The Labute approximate surface area is 168 Å². The quantitative estimate of drug-likeness (QED) is 0.804. The van der Waals surface area contributed by atoms with Crippen LogP contribution in [0.15, 0.2) is 48.5 Å². The minimum Gasteiger partial charge on any atom is -0.372 e. The van der Waals surface area contributed by atoms with Crippen LogP contribution in [-0.4, -0.2) is 37.0 Å². The van der Waals surface area contributed by atoms with E-state index in [0.717, 1.165) is 25.3 Å². The van der Waals surface area contributed by atoms with E-state index in [1.54, 1.807) is 0 Å². The minimum atomic E-state index is -0.0461. The van der Waals surface area contributed by atoms with Gasteiger partial charge >= 0.3 is 0 Å². The number of amides is 1. The molecule has 2 aliphatic rings. The molecule has 0 radical (unpaired) electrons. The fourth-order valence-electron chi connectivity index (χ4n) is 4.25. The molecule has 0 aliphatic carbocycles. The molecular weight excluding hydrogens is 346 g/mol. The summed E-state index contributed by atoms with van der Waals surface area (Å²) in [7, 11) is 0. The maximum absolute atomic E-state index is 12.6. The number of nitrogens with one attached hydrogen (secondary N) is 1. The number of carbonyl (C=O) groups excluding carboxylic acids is 1. The molecule has 2 aromatic carbocycles. The Hall–Kier alpha value is -2.33. The smallest absolute Gasteiger partial charge is 0.255 e. The highest BCUT2D eigenvalue weighted by Crippen LogP contribution is 2.22. The predicted octanol–water partition coefficient (Wildman–Crippen LogP) is 4.92. The number of benzene rings is 2. The van der Waals surface area contributed by atoms with E-state index in [-0.39, 0.29) is 5.91 Å². The van der Waals surface area contributed by atoms with Crippen LogP contribution >= 0.6 is 0 Å². The van der Waals surface area contributed by atoms with E-state index in [9.17, 15) is 4.79 Å². The molecule has 0 aromatic heterocycles. The van der Waals surface area contributed by atoms with Crippen LogP contribution in [0.25, 0.3) is 0 Å². The summed E-state index contributed by atoms with van der Waals surface area (Å²) in [5.41, 5.74) is 4.09. The van der Waals surface area contributed by atoms with Gasteiger partial charge in [0.1, 0.15) is 0 Å². The number of nitrogens with zero attached hydrogens (tertiary/aromatic N) is 2. The Bertz CT molecular complexity index is 757. The Kier molecular flexibility index (Phi) is 6.27. The van der Waals surface area contributed by atoms with Gasteiger partial charge in [-0.15, -0.1) is 0 Å². The first kappa shape index (κ1) is 19.0. The molecule has 1 N–H and O–H groups in total. The minimum absolute atomic E-state index is 0.0461. The Balaban J connectivity index is 1.32. The van der Waals surface area contributed by atoms with E-state index in [4.69, 9.17) is 0 Å². The van der Waals surface area contributed by atoms with Crippen molar-refractivity contribution in [2.45, 2.75) is 45.1 Å². The molecule has 1 amide bonds. The summed E-state index contributed by atoms with van der Waals surface area (Å²) in [4.78, 5) is 17.5. The summed E-state index contributed by atoms with van der Waals surface area (Å²) < 4.78 is 0. The number of hydrogen-bond donors (Lipinski definition) is 1. The van der Waals surface area contributed by atoms with Crippen molar-refractivity contribution in [3.8, 4) is 0 Å². The summed E-state index contributed by atoms with van der Waals surface area (Å²) in [5.74, 6) is -0.0461. The van der Waals surface area contributed by atoms with Crippen LogP contribution in [0.3, 0.4) is 0 Å². The van der Waals surface area contributed by atoms with Crippen molar-refractivity contribution in [3.05, 3.63) is 59.7 Å². The second kappa shape index (κ2) is 9.24. The average Bonchev–Trinajstić information content (AvgIpc) is 2.76. The fraction of sp³-hybridized carbons (Fsp3) is 0.458. The van der Waals surface area contributed by atoms with E-state index in [0.29, 0.717) is 5.56 Å². The number of carbonyl (C=O) groups is 1. The summed E-state index contributed by atoms with van der Waals surface area (Å²) in [6.45, 7) is 5.64. The Morgan fingerprint density at radius 2 is 1.36 bits per heavy atom. The van der Waals surface area contributed by atoms with Crippen molar-refractivity contribution < 1.29 is 4.79 Å². The lowest BCUT2D eigenvalue weighted by molar-refractivity contribution is 0.102. The van der Waals surface area contributed by atoms with Gasteiger partial charge in [-0.1, -0.05) is 18.6 Å². The van der Waals surface area contributed by atoms with Crippen molar-refractivity contribution in [3.63, 3.8) is 0 Å². The topological polar surface area (TPSA) is 35.6 Å². The molecule has 0 spiro atoms. The average molecular weight is 378 g/mol. The van der Waals surface area contributed by atoms with Crippen LogP contribution in [-0.2, 0) is 6.54 Å². The van der Waals surface area contributed by atoms with E-state index < -0.39 is 0 Å². The number of hydrogen-bond acceptors (Lipinski definition) is 3. The van der Waals surface area contributed by atoms with Gasteiger partial charge in [-0.05, 0) is 87.2 Å².